The van der Waals surface area contributed by atoms with Crippen molar-refractivity contribution in [1.82, 2.24) is 4.90 Å². The molecular weight excluding hydrogens is 306 g/mol. The third-order valence-corrected chi connectivity index (χ3v) is 3.71. The summed E-state index contributed by atoms with van der Waals surface area (Å²) in [5, 5.41) is 9.10. The van der Waals surface area contributed by atoms with Gasteiger partial charge in [-0.05, 0) is 35.4 Å². The van der Waals surface area contributed by atoms with E-state index in [1.165, 1.54) is 0 Å². The number of methoxy groups -OCH3 is 1. The van der Waals surface area contributed by atoms with Crippen molar-refractivity contribution in [3.63, 3.8) is 0 Å². The van der Waals surface area contributed by atoms with Crippen molar-refractivity contribution in [2.75, 3.05) is 13.7 Å². The van der Waals surface area contributed by atoms with Gasteiger partial charge < -0.3 is 14.6 Å². The van der Waals surface area contributed by atoms with Gasteiger partial charge in [0.15, 0.2) is 0 Å². The van der Waals surface area contributed by atoms with Crippen LogP contribution in [0.3, 0.4) is 0 Å². The summed E-state index contributed by atoms with van der Waals surface area (Å²) in [6.45, 7) is 1.88. The molecule has 0 aromatic heterocycles. The number of hydrogen-bond acceptors (Lipinski definition) is 4. The molecular formula is C19H21NO4. The Bertz CT molecular complexity index is 682. The maximum atomic E-state index is 11.1. The smallest absolute Gasteiger partial charge is 0.335 e. The second-order valence-corrected chi connectivity index (χ2v) is 5.52. The molecule has 126 valence electrons. The van der Waals surface area contributed by atoms with Crippen molar-refractivity contribution in [3.05, 3.63) is 65.2 Å². The van der Waals surface area contributed by atoms with Crippen LogP contribution < -0.4 is 4.74 Å². The highest BCUT2D eigenvalue weighted by atomic mass is 16.5. The lowest BCUT2D eigenvalue weighted by Gasteiger charge is -2.22. The first-order chi connectivity index (χ1) is 11.6. The molecule has 0 saturated carbocycles. The third kappa shape index (κ3) is 5.21. The lowest BCUT2D eigenvalue weighted by Crippen LogP contribution is -2.24. The quantitative estimate of drug-likeness (QED) is 0.717. The lowest BCUT2D eigenvalue weighted by atomic mass is 10.1. The van der Waals surface area contributed by atoms with Crippen molar-refractivity contribution in [1.29, 1.82) is 0 Å². The number of carboxylic acids is 1. The summed E-state index contributed by atoms with van der Waals surface area (Å²) < 4.78 is 5.15. The van der Waals surface area contributed by atoms with Crippen LogP contribution in [0.25, 0.3) is 0 Å². The maximum Gasteiger partial charge on any atom is 0.335 e. The number of carboxylic acid groups (broad SMARTS) is 1. The number of hydrogen-bond donors (Lipinski definition) is 1. The molecule has 0 unspecified atom stereocenters. The van der Waals surface area contributed by atoms with Crippen LogP contribution in [-0.2, 0) is 17.9 Å². The fraction of sp³-hybridized carbons (Fsp3) is 0.263. The zero-order valence-electron chi connectivity index (χ0n) is 13.6. The normalized spacial score (nSPS) is 10.6. The number of carbonyl (C=O) groups excluding carboxylic acids is 1. The predicted molar refractivity (Wildman–Crippen MR) is 91.2 cm³/mol. The molecule has 0 atom stereocenters. The van der Waals surface area contributed by atoms with Crippen molar-refractivity contribution < 1.29 is 19.4 Å². The second-order valence-electron chi connectivity index (χ2n) is 5.52. The molecule has 0 aliphatic rings. The van der Waals surface area contributed by atoms with E-state index in [9.17, 15) is 9.59 Å². The van der Waals surface area contributed by atoms with Crippen LogP contribution in [0.4, 0.5) is 0 Å². The van der Waals surface area contributed by atoms with Gasteiger partial charge in [0.1, 0.15) is 12.0 Å². The van der Waals surface area contributed by atoms with Crippen molar-refractivity contribution >= 4 is 12.3 Å². The molecule has 2 rings (SSSR count). The molecule has 24 heavy (non-hydrogen) atoms. The summed E-state index contributed by atoms with van der Waals surface area (Å²) in [6, 6.07) is 14.7. The third-order valence-electron chi connectivity index (χ3n) is 3.71. The van der Waals surface area contributed by atoms with E-state index in [-0.39, 0.29) is 5.56 Å². The average molecular weight is 327 g/mol. The van der Waals surface area contributed by atoms with Crippen LogP contribution in [0, 0.1) is 0 Å². The van der Waals surface area contributed by atoms with Crippen LogP contribution in [0.2, 0.25) is 0 Å². The van der Waals surface area contributed by atoms with Gasteiger partial charge in [-0.2, -0.15) is 0 Å². The van der Waals surface area contributed by atoms with Gasteiger partial charge in [0.05, 0.1) is 12.7 Å². The largest absolute Gasteiger partial charge is 0.497 e. The van der Waals surface area contributed by atoms with Gasteiger partial charge in [0.2, 0.25) is 0 Å². The molecule has 0 radical (unpaired) electrons. The first-order valence-electron chi connectivity index (χ1n) is 7.73. The number of nitrogens with zero attached hydrogens (tertiary/aromatic N) is 1. The van der Waals surface area contributed by atoms with E-state index in [1.54, 1.807) is 25.3 Å². The molecule has 5 heteroatoms. The summed E-state index contributed by atoms with van der Waals surface area (Å²) in [4.78, 5) is 23.9. The van der Waals surface area contributed by atoms with Crippen molar-refractivity contribution in [2.24, 2.45) is 0 Å². The Hall–Kier alpha value is -2.66. The maximum absolute atomic E-state index is 11.1. The molecule has 0 aliphatic heterocycles. The average Bonchev–Trinajstić information content (AvgIpc) is 2.60. The van der Waals surface area contributed by atoms with Gasteiger partial charge in [-0.25, -0.2) is 4.79 Å². The summed E-state index contributed by atoms with van der Waals surface area (Å²) in [5.74, 6) is -0.140. The Labute approximate surface area is 141 Å². The fourth-order valence-corrected chi connectivity index (χ4v) is 2.50. The van der Waals surface area contributed by atoms with Crippen molar-refractivity contribution in [2.45, 2.75) is 19.5 Å². The summed E-state index contributed by atoms with van der Waals surface area (Å²) in [6.07, 6.45) is 1.34. The van der Waals surface area contributed by atoms with Gasteiger partial charge in [-0.1, -0.05) is 24.3 Å². The highest BCUT2D eigenvalue weighted by molar-refractivity contribution is 5.87. The van der Waals surface area contributed by atoms with E-state index in [0.717, 1.165) is 23.2 Å². The van der Waals surface area contributed by atoms with E-state index in [2.05, 4.69) is 4.90 Å². The van der Waals surface area contributed by atoms with Crippen LogP contribution in [0.5, 0.6) is 5.75 Å². The SMILES string of the molecule is COc1ccc(CN(CCC=O)Cc2cccc(C(=O)O)c2)cc1. The zero-order valence-corrected chi connectivity index (χ0v) is 13.6. The number of aldehydes is 1. The summed E-state index contributed by atoms with van der Waals surface area (Å²) in [5.41, 5.74) is 2.29. The number of carbonyl (C=O) groups is 2. The Kier molecular flexibility index (Phi) is 6.51. The van der Waals surface area contributed by atoms with E-state index < -0.39 is 5.97 Å². The van der Waals surface area contributed by atoms with Gasteiger partial charge in [-0.15, -0.1) is 0 Å². The van der Waals surface area contributed by atoms with Crippen LogP contribution in [0.15, 0.2) is 48.5 Å². The van der Waals surface area contributed by atoms with Gasteiger partial charge >= 0.3 is 5.97 Å². The van der Waals surface area contributed by atoms with Gasteiger partial charge in [0, 0.05) is 26.1 Å². The minimum absolute atomic E-state index is 0.271. The van der Waals surface area contributed by atoms with Crippen molar-refractivity contribution in [3.8, 4) is 5.75 Å². The minimum atomic E-state index is -0.938. The Balaban J connectivity index is 2.10. The predicted octanol–water partition coefficient (Wildman–Crippen LogP) is 2.98. The second kappa shape index (κ2) is 8.84. The van der Waals surface area contributed by atoms with Crippen LogP contribution in [-0.4, -0.2) is 35.9 Å². The Morgan fingerprint density at radius 3 is 2.46 bits per heavy atom. The molecule has 0 fully saturated rings. The number of benzene rings is 2. The van der Waals surface area contributed by atoms with Crippen LogP contribution in [0.1, 0.15) is 27.9 Å². The monoisotopic (exact) mass is 327 g/mol. The Morgan fingerprint density at radius 1 is 1.12 bits per heavy atom. The van der Waals surface area contributed by atoms with Crippen LogP contribution >= 0.6 is 0 Å². The lowest BCUT2D eigenvalue weighted by molar-refractivity contribution is -0.108. The highest BCUT2D eigenvalue weighted by Crippen LogP contribution is 2.15. The number of ether oxygens (including phenoxy) is 1. The first-order valence-corrected chi connectivity index (χ1v) is 7.73. The molecule has 2 aromatic rings. The summed E-state index contributed by atoms with van der Waals surface area (Å²) >= 11 is 0. The molecule has 2 aromatic carbocycles. The molecule has 0 spiro atoms. The molecule has 0 saturated heterocycles. The number of aromatic carboxylic acids is 1. The summed E-state index contributed by atoms with van der Waals surface area (Å²) in [7, 11) is 1.63. The Morgan fingerprint density at radius 2 is 1.83 bits per heavy atom. The molecule has 0 aliphatic carbocycles. The fourth-order valence-electron chi connectivity index (χ4n) is 2.50. The zero-order chi connectivity index (χ0) is 17.4. The van der Waals surface area contributed by atoms with Gasteiger partial charge in [0.25, 0.3) is 0 Å². The molecule has 0 amide bonds. The standard InChI is InChI=1S/C19H21NO4/c1-24-18-8-6-15(7-9-18)13-20(10-3-11-21)14-16-4-2-5-17(12-16)19(22)23/h2,4-9,11-12H,3,10,13-14H2,1H3,(H,22,23). The van der Waals surface area contributed by atoms with E-state index in [0.29, 0.717) is 26.1 Å². The topological polar surface area (TPSA) is 66.8 Å². The van der Waals surface area contributed by atoms with E-state index in [4.69, 9.17) is 9.84 Å². The molecule has 1 N–H and O–H groups in total. The highest BCUT2D eigenvalue weighted by Gasteiger charge is 2.09. The molecule has 0 bridgehead atoms. The molecule has 5 nitrogen and oxygen atoms in total. The van der Waals surface area contributed by atoms with E-state index >= 15 is 0 Å². The van der Waals surface area contributed by atoms with E-state index in [1.807, 2.05) is 30.3 Å². The number of rotatable bonds is 9. The first kappa shape index (κ1) is 17.7. The molecule has 0 heterocycles. The minimum Gasteiger partial charge on any atom is -0.497 e. The van der Waals surface area contributed by atoms with Gasteiger partial charge in [-0.3, -0.25) is 4.90 Å².